The Hall–Kier alpha value is -1.32. The molecule has 0 aromatic carbocycles. The summed E-state index contributed by atoms with van der Waals surface area (Å²) in [6.45, 7) is 1.73. The van der Waals surface area contributed by atoms with Gasteiger partial charge >= 0.3 is 5.97 Å². The van der Waals surface area contributed by atoms with Crippen molar-refractivity contribution in [2.45, 2.75) is 39.0 Å². The maximum Gasteiger partial charge on any atom is 0.343 e. The van der Waals surface area contributed by atoms with Crippen molar-refractivity contribution in [1.82, 2.24) is 5.32 Å². The minimum Gasteiger partial charge on any atom is -0.465 e. The molecular formula is C13H21NO3. The Balaban J connectivity index is 2.90. The number of nitrogens with one attached hydrogen (secondary N) is 1. The van der Waals surface area contributed by atoms with Crippen LogP contribution in [0.2, 0.25) is 0 Å². The highest BCUT2D eigenvalue weighted by Crippen LogP contribution is 2.27. The zero-order valence-corrected chi connectivity index (χ0v) is 10.8. The second kappa shape index (κ2) is 6.42. The molecule has 0 aromatic heterocycles. The molecule has 1 fully saturated rings. The van der Waals surface area contributed by atoms with Crippen molar-refractivity contribution < 1.29 is 14.3 Å². The minimum absolute atomic E-state index is 0.0128. The maximum atomic E-state index is 12.3. The first-order valence-electron chi connectivity index (χ1n) is 6.13. The lowest BCUT2D eigenvalue weighted by Gasteiger charge is -2.21. The molecular weight excluding hydrogens is 218 g/mol. The predicted octanol–water partition coefficient (Wildman–Crippen LogP) is 1.80. The second-order valence-corrected chi connectivity index (χ2v) is 4.44. The Morgan fingerprint density at radius 1 is 1.18 bits per heavy atom. The molecule has 1 saturated carbocycles. The van der Waals surface area contributed by atoms with Crippen molar-refractivity contribution in [2.75, 3.05) is 14.2 Å². The van der Waals surface area contributed by atoms with Gasteiger partial charge in [0.2, 0.25) is 0 Å². The molecule has 1 aliphatic carbocycles. The van der Waals surface area contributed by atoms with Gasteiger partial charge in [-0.25, -0.2) is 4.79 Å². The van der Waals surface area contributed by atoms with Gasteiger partial charge in [0.1, 0.15) is 5.57 Å². The molecule has 0 aliphatic heterocycles. The number of methoxy groups -OCH3 is 1. The average Bonchev–Trinajstić information content (AvgIpc) is 2.39. The highest BCUT2D eigenvalue weighted by atomic mass is 16.5. The van der Waals surface area contributed by atoms with Crippen molar-refractivity contribution in [1.29, 1.82) is 0 Å². The molecule has 17 heavy (non-hydrogen) atoms. The SMILES string of the molecule is CNC(C)=C(C(=O)OC)C(=O)C1CCCCC1. The Morgan fingerprint density at radius 2 is 1.76 bits per heavy atom. The van der Waals surface area contributed by atoms with Gasteiger partial charge < -0.3 is 10.1 Å². The van der Waals surface area contributed by atoms with Crippen molar-refractivity contribution in [3.05, 3.63) is 11.3 Å². The summed E-state index contributed by atoms with van der Waals surface area (Å²) in [5.41, 5.74) is 0.773. The van der Waals surface area contributed by atoms with Gasteiger partial charge in [-0.05, 0) is 19.8 Å². The number of hydrogen-bond acceptors (Lipinski definition) is 4. The van der Waals surface area contributed by atoms with E-state index in [4.69, 9.17) is 0 Å². The van der Waals surface area contributed by atoms with E-state index in [1.807, 2.05) is 0 Å². The van der Waals surface area contributed by atoms with Crippen LogP contribution in [0.4, 0.5) is 0 Å². The molecule has 0 saturated heterocycles. The average molecular weight is 239 g/mol. The van der Waals surface area contributed by atoms with Crippen LogP contribution in [0.5, 0.6) is 0 Å². The summed E-state index contributed by atoms with van der Waals surface area (Å²) in [5.74, 6) is -0.614. The molecule has 1 rings (SSSR count). The molecule has 4 nitrogen and oxygen atoms in total. The fourth-order valence-corrected chi connectivity index (χ4v) is 2.23. The molecule has 0 amide bonds. The summed E-state index contributed by atoms with van der Waals surface area (Å²) in [4.78, 5) is 24.0. The van der Waals surface area contributed by atoms with Crippen LogP contribution in [-0.4, -0.2) is 25.9 Å². The summed E-state index contributed by atoms with van der Waals surface area (Å²) in [5, 5.41) is 2.86. The molecule has 0 bridgehead atoms. The van der Waals surface area contributed by atoms with E-state index in [2.05, 4.69) is 10.1 Å². The van der Waals surface area contributed by atoms with Crippen LogP contribution in [-0.2, 0) is 14.3 Å². The van der Waals surface area contributed by atoms with Gasteiger partial charge in [0.15, 0.2) is 5.78 Å². The number of carbonyl (C=O) groups excluding carboxylic acids is 2. The molecule has 0 radical (unpaired) electrons. The Morgan fingerprint density at radius 3 is 2.24 bits per heavy atom. The maximum absolute atomic E-state index is 12.3. The largest absolute Gasteiger partial charge is 0.465 e. The van der Waals surface area contributed by atoms with E-state index in [0.717, 1.165) is 25.7 Å². The minimum atomic E-state index is -0.535. The number of rotatable bonds is 4. The number of ketones is 1. The summed E-state index contributed by atoms with van der Waals surface area (Å²) in [6, 6.07) is 0. The lowest BCUT2D eigenvalue weighted by molar-refractivity contribution is -0.138. The Kier molecular flexibility index (Phi) is 5.19. The van der Waals surface area contributed by atoms with Crippen LogP contribution in [0.15, 0.2) is 11.3 Å². The molecule has 4 heteroatoms. The standard InChI is InChI=1S/C13H21NO3/c1-9(14-2)11(13(16)17-3)12(15)10-7-5-4-6-8-10/h10,14H,4-8H2,1-3H3. The molecule has 0 heterocycles. The Labute approximate surface area is 102 Å². The van der Waals surface area contributed by atoms with Gasteiger partial charge in [-0.15, -0.1) is 0 Å². The van der Waals surface area contributed by atoms with Crippen LogP contribution in [0.1, 0.15) is 39.0 Å². The van der Waals surface area contributed by atoms with Crippen molar-refractivity contribution in [3.63, 3.8) is 0 Å². The molecule has 0 atom stereocenters. The lowest BCUT2D eigenvalue weighted by Crippen LogP contribution is -2.27. The molecule has 0 spiro atoms. The van der Waals surface area contributed by atoms with Crippen LogP contribution < -0.4 is 5.32 Å². The van der Waals surface area contributed by atoms with Gasteiger partial charge in [0.05, 0.1) is 7.11 Å². The number of hydrogen-bond donors (Lipinski definition) is 1. The van der Waals surface area contributed by atoms with Gasteiger partial charge in [-0.2, -0.15) is 0 Å². The van der Waals surface area contributed by atoms with Crippen molar-refractivity contribution in [2.24, 2.45) is 5.92 Å². The normalized spacial score (nSPS) is 18.3. The smallest absolute Gasteiger partial charge is 0.343 e. The quantitative estimate of drug-likeness (QED) is 0.352. The topological polar surface area (TPSA) is 55.4 Å². The van der Waals surface area contributed by atoms with Crippen LogP contribution in [0.25, 0.3) is 0 Å². The highest BCUT2D eigenvalue weighted by molar-refractivity contribution is 6.18. The molecule has 0 unspecified atom stereocenters. The third kappa shape index (κ3) is 3.32. The van der Waals surface area contributed by atoms with E-state index in [1.165, 1.54) is 13.5 Å². The summed E-state index contributed by atoms with van der Waals surface area (Å²) >= 11 is 0. The zero-order valence-electron chi connectivity index (χ0n) is 10.8. The van der Waals surface area contributed by atoms with Crippen molar-refractivity contribution in [3.8, 4) is 0 Å². The van der Waals surface area contributed by atoms with E-state index in [-0.39, 0.29) is 17.3 Å². The van der Waals surface area contributed by atoms with Crippen LogP contribution >= 0.6 is 0 Å². The highest BCUT2D eigenvalue weighted by Gasteiger charge is 2.29. The summed E-state index contributed by atoms with van der Waals surface area (Å²) in [7, 11) is 3.01. The lowest BCUT2D eigenvalue weighted by atomic mass is 9.83. The summed E-state index contributed by atoms with van der Waals surface area (Å²) in [6.07, 6.45) is 5.10. The number of allylic oxidation sites excluding steroid dienone is 1. The predicted molar refractivity (Wildman–Crippen MR) is 65.4 cm³/mol. The van der Waals surface area contributed by atoms with Gasteiger partial charge in [0.25, 0.3) is 0 Å². The van der Waals surface area contributed by atoms with E-state index in [0.29, 0.717) is 5.70 Å². The number of ether oxygens (including phenoxy) is 1. The summed E-state index contributed by atoms with van der Waals surface area (Å²) < 4.78 is 4.69. The first kappa shape index (κ1) is 13.7. The van der Waals surface area contributed by atoms with Gasteiger partial charge in [-0.1, -0.05) is 19.3 Å². The third-order valence-corrected chi connectivity index (χ3v) is 3.36. The van der Waals surface area contributed by atoms with Gasteiger partial charge in [0, 0.05) is 18.7 Å². The zero-order chi connectivity index (χ0) is 12.8. The van der Waals surface area contributed by atoms with Crippen LogP contribution in [0, 0.1) is 5.92 Å². The van der Waals surface area contributed by atoms with Crippen LogP contribution in [0.3, 0.4) is 0 Å². The van der Waals surface area contributed by atoms with Crippen molar-refractivity contribution >= 4 is 11.8 Å². The molecule has 96 valence electrons. The molecule has 1 aliphatic rings. The fraction of sp³-hybridized carbons (Fsp3) is 0.692. The number of Topliss-reactive ketones (excluding diaryl/α,β-unsaturated/α-hetero) is 1. The first-order valence-corrected chi connectivity index (χ1v) is 6.13. The fourth-order valence-electron chi connectivity index (χ4n) is 2.23. The van der Waals surface area contributed by atoms with E-state index >= 15 is 0 Å². The number of esters is 1. The monoisotopic (exact) mass is 239 g/mol. The molecule has 1 N–H and O–H groups in total. The third-order valence-electron chi connectivity index (χ3n) is 3.36. The first-order chi connectivity index (χ1) is 8.11. The van der Waals surface area contributed by atoms with Gasteiger partial charge in [-0.3, -0.25) is 4.79 Å². The number of carbonyl (C=O) groups is 2. The van der Waals surface area contributed by atoms with E-state index in [1.54, 1.807) is 14.0 Å². The molecule has 0 aromatic rings. The Bertz CT molecular complexity index is 328. The van der Waals surface area contributed by atoms with E-state index in [9.17, 15) is 9.59 Å². The second-order valence-electron chi connectivity index (χ2n) is 4.44. The van der Waals surface area contributed by atoms with E-state index < -0.39 is 5.97 Å².